The summed E-state index contributed by atoms with van der Waals surface area (Å²) in [7, 11) is 1.44. The van der Waals surface area contributed by atoms with E-state index in [4.69, 9.17) is 15.2 Å². The third kappa shape index (κ3) is 4.22. The number of nitrogens with zero attached hydrogens (tertiary/aromatic N) is 2. The molecular formula is C18H15F3N4O3. The Balaban J connectivity index is 1.89. The number of amides is 1. The number of benzene rings is 2. The summed E-state index contributed by atoms with van der Waals surface area (Å²) in [5.41, 5.74) is 5.31. The zero-order valence-corrected chi connectivity index (χ0v) is 14.6. The van der Waals surface area contributed by atoms with Crippen LogP contribution in [0.3, 0.4) is 0 Å². The Kier molecular flexibility index (Phi) is 5.21. The first-order chi connectivity index (χ1) is 13.3. The van der Waals surface area contributed by atoms with Crippen LogP contribution in [-0.2, 0) is 12.7 Å². The number of primary amides is 1. The molecule has 0 aliphatic rings. The topological polar surface area (TPSA) is 99.4 Å². The Morgan fingerprint density at radius 3 is 2.50 bits per heavy atom. The van der Waals surface area contributed by atoms with Crippen LogP contribution in [-0.4, -0.2) is 23.2 Å². The van der Waals surface area contributed by atoms with Crippen molar-refractivity contribution < 1.29 is 27.4 Å². The summed E-state index contributed by atoms with van der Waals surface area (Å²) in [6.07, 6.45) is -4.13. The number of fused-ring (bicyclic) bond motifs is 1. The van der Waals surface area contributed by atoms with Crippen LogP contribution in [0.15, 0.2) is 42.7 Å². The highest BCUT2D eigenvalue weighted by molar-refractivity contribution is 5.95. The van der Waals surface area contributed by atoms with E-state index in [0.717, 1.165) is 12.1 Å². The quantitative estimate of drug-likeness (QED) is 0.687. The number of nitrogens with one attached hydrogen (secondary N) is 1. The lowest BCUT2D eigenvalue weighted by Gasteiger charge is -2.12. The van der Waals surface area contributed by atoms with E-state index in [-0.39, 0.29) is 12.3 Å². The molecule has 3 rings (SSSR count). The van der Waals surface area contributed by atoms with Crippen LogP contribution in [0.2, 0.25) is 0 Å². The first-order valence-corrected chi connectivity index (χ1v) is 7.98. The zero-order chi connectivity index (χ0) is 20.3. The van der Waals surface area contributed by atoms with E-state index in [1.807, 2.05) is 0 Å². The second-order valence-corrected chi connectivity index (χ2v) is 5.71. The van der Waals surface area contributed by atoms with Crippen molar-refractivity contribution in [2.75, 3.05) is 12.4 Å². The molecule has 0 radical (unpaired) electrons. The Labute approximate surface area is 157 Å². The van der Waals surface area contributed by atoms with Gasteiger partial charge >= 0.3 is 12.3 Å². The van der Waals surface area contributed by atoms with Crippen LogP contribution in [0, 0.1) is 0 Å². The van der Waals surface area contributed by atoms with Crippen LogP contribution in [0.5, 0.6) is 11.5 Å². The van der Waals surface area contributed by atoms with Crippen molar-refractivity contribution in [2.24, 2.45) is 5.73 Å². The number of halogens is 3. The molecule has 3 N–H and O–H groups in total. The van der Waals surface area contributed by atoms with Gasteiger partial charge in [-0.2, -0.15) is 13.2 Å². The minimum atomic E-state index is -4.39. The summed E-state index contributed by atoms with van der Waals surface area (Å²) in [5.74, 6) is 0.871. The first-order valence-electron chi connectivity index (χ1n) is 7.98. The molecule has 28 heavy (non-hydrogen) atoms. The van der Waals surface area contributed by atoms with Crippen LogP contribution in [0.4, 0.5) is 23.8 Å². The average molecular weight is 392 g/mol. The van der Waals surface area contributed by atoms with Crippen molar-refractivity contribution in [3.63, 3.8) is 0 Å². The molecule has 0 aliphatic heterocycles. The van der Waals surface area contributed by atoms with Crippen molar-refractivity contribution >= 4 is 22.8 Å². The number of hydrogen-bond acceptors (Lipinski definition) is 6. The van der Waals surface area contributed by atoms with Gasteiger partial charge in [0.05, 0.1) is 18.1 Å². The molecule has 10 heteroatoms. The molecule has 1 heterocycles. The van der Waals surface area contributed by atoms with Gasteiger partial charge in [0.25, 0.3) is 0 Å². The summed E-state index contributed by atoms with van der Waals surface area (Å²) < 4.78 is 48.1. The van der Waals surface area contributed by atoms with Crippen molar-refractivity contribution in [3.8, 4) is 11.5 Å². The van der Waals surface area contributed by atoms with E-state index in [0.29, 0.717) is 28.0 Å². The third-order valence-electron chi connectivity index (χ3n) is 3.86. The van der Waals surface area contributed by atoms with E-state index >= 15 is 0 Å². The second-order valence-electron chi connectivity index (χ2n) is 5.71. The highest BCUT2D eigenvalue weighted by atomic mass is 19.4. The third-order valence-corrected chi connectivity index (χ3v) is 3.86. The van der Waals surface area contributed by atoms with Gasteiger partial charge in [0.15, 0.2) is 5.75 Å². The van der Waals surface area contributed by atoms with Crippen molar-refractivity contribution in [2.45, 2.75) is 12.7 Å². The number of anilines is 1. The molecule has 1 aromatic heterocycles. The maximum atomic E-state index is 12.7. The van der Waals surface area contributed by atoms with E-state index in [2.05, 4.69) is 15.3 Å². The lowest BCUT2D eigenvalue weighted by atomic mass is 10.1. The number of methoxy groups -OCH3 is 1. The van der Waals surface area contributed by atoms with Gasteiger partial charge < -0.3 is 20.5 Å². The van der Waals surface area contributed by atoms with Gasteiger partial charge in [-0.15, -0.1) is 0 Å². The Morgan fingerprint density at radius 2 is 1.89 bits per heavy atom. The van der Waals surface area contributed by atoms with Gasteiger partial charge in [0.1, 0.15) is 23.4 Å². The SMILES string of the molecule is COc1cc(OC(N)=O)c2ncnc(NCc3ccc(C(F)(F)F)cc3)c2c1. The molecule has 3 aromatic rings. The minimum Gasteiger partial charge on any atom is -0.497 e. The number of aromatic nitrogens is 2. The van der Waals surface area contributed by atoms with Gasteiger partial charge in [-0.05, 0) is 23.8 Å². The van der Waals surface area contributed by atoms with Crippen LogP contribution in [0.25, 0.3) is 10.9 Å². The fourth-order valence-electron chi connectivity index (χ4n) is 2.55. The fourth-order valence-corrected chi connectivity index (χ4v) is 2.55. The summed E-state index contributed by atoms with van der Waals surface area (Å²) in [6.45, 7) is 0.216. The lowest BCUT2D eigenvalue weighted by molar-refractivity contribution is -0.137. The van der Waals surface area contributed by atoms with Crippen LogP contribution >= 0.6 is 0 Å². The van der Waals surface area contributed by atoms with Crippen LogP contribution in [0.1, 0.15) is 11.1 Å². The van der Waals surface area contributed by atoms with Crippen molar-refractivity contribution in [1.29, 1.82) is 0 Å². The highest BCUT2D eigenvalue weighted by Gasteiger charge is 2.29. The zero-order valence-electron chi connectivity index (χ0n) is 14.6. The van der Waals surface area contributed by atoms with Gasteiger partial charge in [-0.1, -0.05) is 12.1 Å². The molecule has 0 bridgehead atoms. The minimum absolute atomic E-state index is 0.0989. The molecule has 0 aliphatic carbocycles. The lowest BCUT2D eigenvalue weighted by Crippen LogP contribution is -2.16. The summed E-state index contributed by atoms with van der Waals surface area (Å²) in [5, 5.41) is 3.53. The second kappa shape index (κ2) is 7.59. The largest absolute Gasteiger partial charge is 0.497 e. The summed E-state index contributed by atoms with van der Waals surface area (Å²) >= 11 is 0. The number of carbonyl (C=O) groups is 1. The molecular weight excluding hydrogens is 377 g/mol. The predicted molar refractivity (Wildman–Crippen MR) is 95.1 cm³/mol. The number of alkyl halides is 3. The molecule has 7 nitrogen and oxygen atoms in total. The van der Waals surface area contributed by atoms with Crippen LogP contribution < -0.4 is 20.5 Å². The average Bonchev–Trinajstić information content (AvgIpc) is 2.65. The number of nitrogens with two attached hydrogens (primary N) is 1. The molecule has 2 aromatic carbocycles. The Hall–Kier alpha value is -3.56. The molecule has 0 saturated carbocycles. The van der Waals surface area contributed by atoms with E-state index in [9.17, 15) is 18.0 Å². The normalized spacial score (nSPS) is 11.3. The Morgan fingerprint density at radius 1 is 1.18 bits per heavy atom. The van der Waals surface area contributed by atoms with Crippen molar-refractivity contribution in [1.82, 2.24) is 9.97 Å². The Bertz CT molecular complexity index is 1010. The number of ether oxygens (including phenoxy) is 2. The van der Waals surface area contributed by atoms with Gasteiger partial charge in [0.2, 0.25) is 0 Å². The fraction of sp³-hybridized carbons (Fsp3) is 0.167. The molecule has 0 unspecified atom stereocenters. The van der Waals surface area contributed by atoms with Crippen molar-refractivity contribution in [3.05, 3.63) is 53.9 Å². The maximum absolute atomic E-state index is 12.7. The monoisotopic (exact) mass is 392 g/mol. The molecule has 0 spiro atoms. The van der Waals surface area contributed by atoms with E-state index in [1.54, 1.807) is 6.07 Å². The summed E-state index contributed by atoms with van der Waals surface area (Å²) in [4.78, 5) is 19.4. The molecule has 0 fully saturated rings. The molecule has 1 amide bonds. The van der Waals surface area contributed by atoms with Gasteiger partial charge in [-0.3, -0.25) is 0 Å². The predicted octanol–water partition coefficient (Wildman–Crippen LogP) is 3.73. The molecule has 146 valence electrons. The van der Waals surface area contributed by atoms with E-state index in [1.165, 1.54) is 31.6 Å². The number of rotatable bonds is 5. The van der Waals surface area contributed by atoms with Gasteiger partial charge in [0, 0.05) is 12.6 Å². The van der Waals surface area contributed by atoms with Gasteiger partial charge in [-0.25, -0.2) is 14.8 Å². The smallest absolute Gasteiger partial charge is 0.416 e. The maximum Gasteiger partial charge on any atom is 0.416 e. The standard InChI is InChI=1S/C18H15F3N4O3/c1-27-12-6-13-15(14(7-12)28-17(22)26)24-9-25-16(13)23-8-10-2-4-11(5-3-10)18(19,20)21/h2-7,9H,8H2,1H3,(H2,22,26)(H,23,24,25). The first kappa shape index (κ1) is 19.2. The van der Waals surface area contributed by atoms with E-state index < -0.39 is 17.8 Å². The molecule has 0 atom stereocenters. The molecule has 0 saturated heterocycles. The number of carbonyl (C=O) groups excluding carboxylic acids is 1. The summed E-state index contributed by atoms with van der Waals surface area (Å²) in [6, 6.07) is 7.87. The number of hydrogen-bond donors (Lipinski definition) is 2. The highest BCUT2D eigenvalue weighted by Crippen LogP contribution is 2.33.